The van der Waals surface area contributed by atoms with Gasteiger partial charge in [-0.1, -0.05) is 17.8 Å². The lowest BCUT2D eigenvalue weighted by Gasteiger charge is -2.17. The maximum absolute atomic E-state index is 13.2. The molecule has 1 amide bonds. The summed E-state index contributed by atoms with van der Waals surface area (Å²) in [6, 6.07) is 4.64. The molecule has 154 valence electrons. The summed E-state index contributed by atoms with van der Waals surface area (Å²) in [5, 5.41) is 0.253. The molecule has 1 aromatic carbocycles. The van der Waals surface area contributed by atoms with E-state index in [0.29, 0.717) is 35.9 Å². The molecule has 0 saturated carbocycles. The molecule has 5 nitrogen and oxygen atoms in total. The van der Waals surface area contributed by atoms with Crippen LogP contribution in [0.3, 0.4) is 0 Å². The van der Waals surface area contributed by atoms with Crippen molar-refractivity contribution in [2.45, 2.75) is 35.5 Å². The number of carbonyl (C=O) groups is 1. The van der Waals surface area contributed by atoms with E-state index in [1.54, 1.807) is 4.90 Å². The van der Waals surface area contributed by atoms with Gasteiger partial charge in [-0.15, -0.1) is 11.8 Å². The first-order chi connectivity index (χ1) is 13.8. The van der Waals surface area contributed by atoms with E-state index in [-0.39, 0.29) is 28.1 Å². The predicted molar refractivity (Wildman–Crippen MR) is 106 cm³/mol. The van der Waals surface area contributed by atoms with Crippen molar-refractivity contribution in [3.8, 4) is 5.69 Å². The van der Waals surface area contributed by atoms with Gasteiger partial charge in [-0.05, 0) is 31.0 Å². The summed E-state index contributed by atoms with van der Waals surface area (Å²) in [7, 11) is 0. The number of benzene rings is 1. The Bertz CT molecular complexity index is 1000. The minimum Gasteiger partial charge on any atom is -0.342 e. The number of aryl methyl sites for hydroxylation is 1. The van der Waals surface area contributed by atoms with Gasteiger partial charge < -0.3 is 4.90 Å². The number of thioether (sulfide) groups is 2. The number of alkyl halides is 3. The monoisotopic (exact) mass is 441 g/mol. The molecule has 2 aliphatic heterocycles. The van der Waals surface area contributed by atoms with Gasteiger partial charge in [-0.2, -0.15) is 13.2 Å². The molecule has 3 heterocycles. The third-order valence-corrected chi connectivity index (χ3v) is 6.91. The van der Waals surface area contributed by atoms with Crippen molar-refractivity contribution in [1.29, 1.82) is 0 Å². The third-order valence-electron chi connectivity index (χ3n) is 4.88. The zero-order valence-electron chi connectivity index (χ0n) is 15.4. The smallest absolute Gasteiger partial charge is 0.342 e. The first kappa shape index (κ1) is 20.3. The zero-order valence-corrected chi connectivity index (χ0v) is 17.0. The van der Waals surface area contributed by atoms with Crippen molar-refractivity contribution < 1.29 is 18.0 Å². The van der Waals surface area contributed by atoms with Crippen LogP contribution in [-0.4, -0.2) is 45.0 Å². The van der Waals surface area contributed by atoms with Gasteiger partial charge in [0.15, 0.2) is 5.16 Å². The van der Waals surface area contributed by atoms with E-state index in [9.17, 15) is 22.8 Å². The minimum atomic E-state index is -4.52. The van der Waals surface area contributed by atoms with E-state index in [2.05, 4.69) is 4.98 Å². The highest BCUT2D eigenvalue weighted by Gasteiger charge is 2.31. The van der Waals surface area contributed by atoms with Gasteiger partial charge in [-0.25, -0.2) is 4.98 Å². The average molecular weight is 442 g/mol. The molecule has 0 radical (unpaired) electrons. The van der Waals surface area contributed by atoms with Gasteiger partial charge in [0.25, 0.3) is 5.56 Å². The van der Waals surface area contributed by atoms with Crippen LogP contribution in [0.15, 0.2) is 39.1 Å². The number of aromatic nitrogens is 2. The molecule has 0 spiro atoms. The molecule has 1 fully saturated rings. The average Bonchev–Trinajstić information content (AvgIpc) is 3.37. The van der Waals surface area contributed by atoms with Gasteiger partial charge in [-0.3, -0.25) is 14.2 Å². The van der Waals surface area contributed by atoms with Crippen LogP contribution in [0.2, 0.25) is 0 Å². The van der Waals surface area contributed by atoms with Crippen molar-refractivity contribution in [3.05, 3.63) is 45.9 Å². The number of amides is 1. The molecule has 2 aliphatic rings. The van der Waals surface area contributed by atoms with Crippen LogP contribution < -0.4 is 5.56 Å². The Kier molecular flexibility index (Phi) is 5.65. The van der Waals surface area contributed by atoms with Crippen LogP contribution in [0.4, 0.5) is 13.2 Å². The van der Waals surface area contributed by atoms with Crippen molar-refractivity contribution in [2.75, 3.05) is 24.6 Å². The molecule has 1 saturated heterocycles. The largest absolute Gasteiger partial charge is 0.416 e. The highest BCUT2D eigenvalue weighted by Crippen LogP contribution is 2.33. The van der Waals surface area contributed by atoms with Gasteiger partial charge >= 0.3 is 6.18 Å². The Hall–Kier alpha value is -1.94. The number of hydrogen-bond acceptors (Lipinski definition) is 5. The van der Waals surface area contributed by atoms with Crippen LogP contribution >= 0.6 is 23.5 Å². The number of nitrogens with zero attached hydrogens (tertiary/aromatic N) is 3. The summed E-state index contributed by atoms with van der Waals surface area (Å²) in [5.41, 5.74) is -0.463. The van der Waals surface area contributed by atoms with E-state index < -0.39 is 11.7 Å². The molecule has 0 bridgehead atoms. The molecule has 2 aromatic rings. The van der Waals surface area contributed by atoms with Crippen LogP contribution in [0.5, 0.6) is 0 Å². The highest BCUT2D eigenvalue weighted by molar-refractivity contribution is 8.00. The van der Waals surface area contributed by atoms with E-state index >= 15 is 0 Å². The molecule has 0 atom stereocenters. The fraction of sp³-hybridized carbons (Fsp3) is 0.421. The Morgan fingerprint density at radius 2 is 2.00 bits per heavy atom. The summed E-state index contributed by atoms with van der Waals surface area (Å²) in [5.74, 6) is 0.755. The maximum atomic E-state index is 13.2. The Morgan fingerprint density at radius 3 is 2.72 bits per heavy atom. The lowest BCUT2D eigenvalue weighted by Crippen LogP contribution is -2.30. The van der Waals surface area contributed by atoms with E-state index in [1.807, 2.05) is 0 Å². The number of halogens is 3. The second-order valence-electron chi connectivity index (χ2n) is 6.83. The quantitative estimate of drug-likeness (QED) is 0.536. The number of hydrogen-bond donors (Lipinski definition) is 0. The van der Waals surface area contributed by atoms with Crippen LogP contribution in [0, 0.1) is 0 Å². The first-order valence-electron chi connectivity index (χ1n) is 9.21. The van der Waals surface area contributed by atoms with Gasteiger partial charge in [0.05, 0.1) is 27.6 Å². The Balaban J connectivity index is 1.72. The SMILES string of the molecule is O=C(CSc1nc2c(c(=O)n1-c1cccc(C(F)(F)F)c1)SCC2)N1CCCC1. The van der Waals surface area contributed by atoms with Crippen molar-refractivity contribution in [2.24, 2.45) is 0 Å². The molecule has 29 heavy (non-hydrogen) atoms. The van der Waals surface area contributed by atoms with Gasteiger partial charge in [0.2, 0.25) is 5.91 Å². The number of rotatable bonds is 4. The fourth-order valence-corrected chi connectivity index (χ4v) is 5.38. The Labute approximate surface area is 173 Å². The van der Waals surface area contributed by atoms with Crippen LogP contribution in [-0.2, 0) is 17.4 Å². The second kappa shape index (κ2) is 8.06. The molecular weight excluding hydrogens is 423 g/mol. The van der Waals surface area contributed by atoms with Gasteiger partial charge in [0, 0.05) is 25.3 Å². The molecular formula is C19H18F3N3O2S2. The van der Waals surface area contributed by atoms with E-state index in [1.165, 1.54) is 28.5 Å². The second-order valence-corrected chi connectivity index (χ2v) is 8.88. The highest BCUT2D eigenvalue weighted by atomic mass is 32.2. The maximum Gasteiger partial charge on any atom is 0.416 e. The lowest BCUT2D eigenvalue weighted by molar-refractivity contribution is -0.137. The standard InChI is InChI=1S/C19H18F3N3O2S2/c20-19(21,22)12-4-3-5-13(10-12)25-17(27)16-14(6-9-28-16)23-18(25)29-11-15(26)24-7-1-2-8-24/h3-5,10H,1-2,6-9,11H2. The Morgan fingerprint density at radius 1 is 1.24 bits per heavy atom. The van der Waals surface area contributed by atoms with Crippen LogP contribution in [0.25, 0.3) is 5.69 Å². The summed E-state index contributed by atoms with van der Waals surface area (Å²) >= 11 is 2.46. The van der Waals surface area contributed by atoms with Gasteiger partial charge in [0.1, 0.15) is 0 Å². The molecule has 0 N–H and O–H groups in total. The summed E-state index contributed by atoms with van der Waals surface area (Å²) in [6.07, 6.45) is -1.94. The normalized spacial score (nSPS) is 16.3. The molecule has 4 rings (SSSR count). The van der Waals surface area contributed by atoms with E-state index in [0.717, 1.165) is 36.7 Å². The number of fused-ring (bicyclic) bond motifs is 1. The predicted octanol–water partition coefficient (Wildman–Crippen LogP) is 3.61. The molecule has 1 aromatic heterocycles. The van der Waals surface area contributed by atoms with Crippen molar-refractivity contribution >= 4 is 29.4 Å². The summed E-state index contributed by atoms with van der Waals surface area (Å²) in [6.45, 7) is 1.43. The summed E-state index contributed by atoms with van der Waals surface area (Å²) in [4.78, 5) is 32.2. The topological polar surface area (TPSA) is 55.2 Å². The zero-order chi connectivity index (χ0) is 20.6. The molecule has 0 aliphatic carbocycles. The lowest BCUT2D eigenvalue weighted by atomic mass is 10.2. The summed E-state index contributed by atoms with van der Waals surface area (Å²) < 4.78 is 40.7. The number of likely N-dealkylation sites (tertiary alicyclic amines) is 1. The van der Waals surface area contributed by atoms with Crippen molar-refractivity contribution in [3.63, 3.8) is 0 Å². The first-order valence-corrected chi connectivity index (χ1v) is 11.2. The molecule has 10 heteroatoms. The van der Waals surface area contributed by atoms with Crippen molar-refractivity contribution in [1.82, 2.24) is 14.5 Å². The third kappa shape index (κ3) is 4.18. The van der Waals surface area contributed by atoms with E-state index in [4.69, 9.17) is 0 Å². The van der Waals surface area contributed by atoms with Crippen LogP contribution in [0.1, 0.15) is 24.1 Å². The minimum absolute atomic E-state index is 0.0489. The number of carbonyl (C=O) groups excluding carboxylic acids is 1. The fourth-order valence-electron chi connectivity index (χ4n) is 3.42. The molecule has 0 unspecified atom stereocenters.